The van der Waals surface area contributed by atoms with Gasteiger partial charge in [0.2, 0.25) is 0 Å². The molecule has 0 aliphatic heterocycles. The molecule has 2 aromatic heterocycles. The topological polar surface area (TPSA) is 64.8 Å². The molecule has 0 fully saturated rings. The van der Waals surface area contributed by atoms with Gasteiger partial charge >= 0.3 is 0 Å². The van der Waals surface area contributed by atoms with Crippen LogP contribution in [-0.2, 0) is 15.5 Å². The first-order valence-corrected chi connectivity index (χ1v) is 9.26. The molecule has 0 bridgehead atoms. The highest BCUT2D eigenvalue weighted by Crippen LogP contribution is 2.22. The zero-order valence-electron chi connectivity index (χ0n) is 10.7. The van der Waals surface area contributed by atoms with E-state index in [0.717, 1.165) is 5.56 Å². The highest BCUT2D eigenvalue weighted by molar-refractivity contribution is 8.13. The minimum atomic E-state index is -3.98. The van der Waals surface area contributed by atoms with E-state index in [4.69, 9.17) is 10.7 Å². The third-order valence-electron chi connectivity index (χ3n) is 2.88. The van der Waals surface area contributed by atoms with E-state index >= 15 is 0 Å². The summed E-state index contributed by atoms with van der Waals surface area (Å²) >= 11 is 1.57. The number of para-hydroxylation sites is 1. The molecular formula is C13H10ClN3O2S2. The van der Waals surface area contributed by atoms with Crippen LogP contribution in [0.4, 0.5) is 0 Å². The number of benzene rings is 1. The summed E-state index contributed by atoms with van der Waals surface area (Å²) in [6.45, 7) is 0. The lowest BCUT2D eigenvalue weighted by Gasteiger charge is -2.08. The van der Waals surface area contributed by atoms with Crippen molar-refractivity contribution in [1.29, 1.82) is 0 Å². The van der Waals surface area contributed by atoms with Gasteiger partial charge < -0.3 is 0 Å². The van der Waals surface area contributed by atoms with E-state index in [1.54, 1.807) is 23.5 Å². The third kappa shape index (κ3) is 2.99. The molecule has 0 aliphatic rings. The summed E-state index contributed by atoms with van der Waals surface area (Å²) in [5, 5.41) is 11.4. The van der Waals surface area contributed by atoms with Crippen molar-refractivity contribution >= 4 is 31.1 Å². The molecule has 0 radical (unpaired) electrons. The van der Waals surface area contributed by atoms with E-state index < -0.39 is 9.05 Å². The first-order valence-electron chi connectivity index (χ1n) is 6.01. The van der Waals surface area contributed by atoms with Gasteiger partial charge in [0.15, 0.2) is 0 Å². The minimum Gasteiger partial charge on any atom is -0.269 e. The van der Waals surface area contributed by atoms with Gasteiger partial charge in [0.1, 0.15) is 5.82 Å². The highest BCUT2D eigenvalue weighted by atomic mass is 35.7. The Morgan fingerprint density at radius 2 is 1.90 bits per heavy atom. The fraction of sp³-hybridized carbons (Fsp3) is 0.0769. The predicted molar refractivity (Wildman–Crippen MR) is 81.5 cm³/mol. The number of hydrogen-bond donors (Lipinski definition) is 0. The highest BCUT2D eigenvalue weighted by Gasteiger charge is 2.23. The van der Waals surface area contributed by atoms with Crippen molar-refractivity contribution in [2.24, 2.45) is 0 Å². The van der Waals surface area contributed by atoms with Gasteiger partial charge in [-0.25, -0.2) is 8.42 Å². The van der Waals surface area contributed by atoms with Crippen molar-refractivity contribution in [2.75, 3.05) is 0 Å². The summed E-state index contributed by atoms with van der Waals surface area (Å²) in [6.07, 6.45) is 0.484. The van der Waals surface area contributed by atoms with Gasteiger partial charge in [-0.1, -0.05) is 18.2 Å². The summed E-state index contributed by atoms with van der Waals surface area (Å²) in [4.78, 5) is 0. The molecule has 0 saturated carbocycles. The van der Waals surface area contributed by atoms with E-state index in [1.807, 2.05) is 35.0 Å². The molecule has 0 spiro atoms. The maximum Gasteiger partial charge on any atom is 0.297 e. The van der Waals surface area contributed by atoms with Crippen LogP contribution in [0.25, 0.3) is 5.69 Å². The summed E-state index contributed by atoms with van der Waals surface area (Å²) < 4.78 is 24.8. The average Bonchev–Trinajstić information content (AvgIpc) is 3.09. The Labute approximate surface area is 130 Å². The lowest BCUT2D eigenvalue weighted by atomic mass is 10.2. The quantitative estimate of drug-likeness (QED) is 0.686. The number of nitrogens with zero attached hydrogens (tertiary/aromatic N) is 3. The summed E-state index contributed by atoms with van der Waals surface area (Å²) in [6, 6.07) is 11.0. The van der Waals surface area contributed by atoms with Crippen molar-refractivity contribution in [1.82, 2.24) is 14.8 Å². The molecule has 8 heteroatoms. The van der Waals surface area contributed by atoms with Crippen LogP contribution in [0.1, 0.15) is 11.4 Å². The Kier molecular flexibility index (Phi) is 3.79. The Morgan fingerprint density at radius 3 is 2.52 bits per heavy atom. The lowest BCUT2D eigenvalue weighted by molar-refractivity contribution is 0.597. The van der Waals surface area contributed by atoms with Crippen molar-refractivity contribution in [3.63, 3.8) is 0 Å². The molecule has 108 valence electrons. The van der Waals surface area contributed by atoms with Crippen LogP contribution in [0, 0.1) is 0 Å². The largest absolute Gasteiger partial charge is 0.297 e. The summed E-state index contributed by atoms with van der Waals surface area (Å²) in [7, 11) is 1.48. The third-order valence-corrected chi connectivity index (χ3v) is 4.72. The molecule has 0 atom stereocenters. The molecule has 0 N–H and O–H groups in total. The van der Waals surface area contributed by atoms with E-state index in [0.29, 0.717) is 17.9 Å². The molecular weight excluding hydrogens is 330 g/mol. The van der Waals surface area contributed by atoms with E-state index in [2.05, 4.69) is 10.2 Å². The van der Waals surface area contributed by atoms with Gasteiger partial charge in [-0.2, -0.15) is 11.3 Å². The van der Waals surface area contributed by atoms with Gasteiger partial charge in [-0.15, -0.1) is 10.2 Å². The number of rotatable bonds is 4. The molecule has 0 aliphatic carbocycles. The fourth-order valence-electron chi connectivity index (χ4n) is 1.98. The standard InChI is InChI=1S/C13H10ClN3O2S2/c14-21(18,19)13-16-15-12(8-10-6-7-20-9-10)17(13)11-4-2-1-3-5-11/h1-7,9H,8H2. The number of aromatic nitrogens is 3. The SMILES string of the molecule is O=S(=O)(Cl)c1nnc(Cc2ccsc2)n1-c1ccccc1. The summed E-state index contributed by atoms with van der Waals surface area (Å²) in [5.74, 6) is 0.527. The number of thiophene rings is 1. The minimum absolute atomic E-state index is 0.263. The Morgan fingerprint density at radius 1 is 1.14 bits per heavy atom. The van der Waals surface area contributed by atoms with Gasteiger partial charge in [0, 0.05) is 22.8 Å². The second-order valence-corrected chi connectivity index (χ2v) is 7.56. The first kappa shape index (κ1) is 14.2. The van der Waals surface area contributed by atoms with Gasteiger partial charge in [-0.05, 0) is 34.5 Å². The van der Waals surface area contributed by atoms with E-state index in [-0.39, 0.29) is 5.16 Å². The summed E-state index contributed by atoms with van der Waals surface area (Å²) in [5.41, 5.74) is 1.70. The van der Waals surface area contributed by atoms with Crippen molar-refractivity contribution in [2.45, 2.75) is 11.6 Å². The molecule has 3 rings (SSSR count). The molecule has 2 heterocycles. The second-order valence-electron chi connectivity index (χ2n) is 4.32. The lowest BCUT2D eigenvalue weighted by Crippen LogP contribution is -2.08. The number of halogens is 1. The zero-order chi connectivity index (χ0) is 14.9. The molecule has 0 saturated heterocycles. The molecule has 0 amide bonds. The van der Waals surface area contributed by atoms with Crippen LogP contribution in [0.5, 0.6) is 0 Å². The van der Waals surface area contributed by atoms with Crippen LogP contribution in [-0.4, -0.2) is 23.2 Å². The molecule has 5 nitrogen and oxygen atoms in total. The molecule has 0 unspecified atom stereocenters. The number of hydrogen-bond acceptors (Lipinski definition) is 5. The molecule has 21 heavy (non-hydrogen) atoms. The van der Waals surface area contributed by atoms with Gasteiger partial charge in [0.05, 0.1) is 0 Å². The monoisotopic (exact) mass is 339 g/mol. The van der Waals surface area contributed by atoms with Gasteiger partial charge in [0.25, 0.3) is 14.2 Å². The Bertz CT molecular complexity index is 843. The molecule has 1 aromatic carbocycles. The van der Waals surface area contributed by atoms with Crippen LogP contribution in [0.15, 0.2) is 52.3 Å². The maximum atomic E-state index is 11.7. The van der Waals surface area contributed by atoms with Gasteiger partial charge in [-0.3, -0.25) is 4.57 Å². The van der Waals surface area contributed by atoms with Crippen LogP contribution in [0.3, 0.4) is 0 Å². The van der Waals surface area contributed by atoms with E-state index in [9.17, 15) is 8.42 Å². The predicted octanol–water partition coefficient (Wildman–Crippen LogP) is 2.85. The first-order chi connectivity index (χ1) is 10.1. The zero-order valence-corrected chi connectivity index (χ0v) is 13.1. The van der Waals surface area contributed by atoms with Crippen molar-refractivity contribution in [3.05, 3.63) is 58.5 Å². The Balaban J connectivity index is 2.15. The van der Waals surface area contributed by atoms with E-state index in [1.165, 1.54) is 4.57 Å². The normalized spacial score (nSPS) is 11.7. The second kappa shape index (κ2) is 5.59. The molecule has 3 aromatic rings. The van der Waals surface area contributed by atoms with Crippen molar-refractivity contribution in [3.8, 4) is 5.69 Å². The van der Waals surface area contributed by atoms with Crippen LogP contribution >= 0.6 is 22.0 Å². The van der Waals surface area contributed by atoms with Crippen LogP contribution < -0.4 is 0 Å². The van der Waals surface area contributed by atoms with Crippen molar-refractivity contribution < 1.29 is 8.42 Å². The smallest absolute Gasteiger partial charge is 0.269 e. The van der Waals surface area contributed by atoms with Crippen LogP contribution in [0.2, 0.25) is 0 Å². The Hall–Kier alpha value is -1.70. The maximum absolute atomic E-state index is 11.7. The average molecular weight is 340 g/mol. The fourth-order valence-corrected chi connectivity index (χ4v) is 3.52.